The van der Waals surface area contributed by atoms with Crippen LogP contribution in [0.4, 0.5) is 10.5 Å². The number of nitrogens with zero attached hydrogens (tertiary/aromatic N) is 2. The third-order valence-electron chi connectivity index (χ3n) is 5.44. The highest BCUT2D eigenvalue weighted by molar-refractivity contribution is 7.90. The summed E-state index contributed by atoms with van der Waals surface area (Å²) in [5, 5.41) is 24.6. The quantitative estimate of drug-likeness (QED) is 0.544. The fraction of sp³-hybridized carbons (Fsp3) is 0.474. The predicted molar refractivity (Wildman–Crippen MR) is 105 cm³/mol. The van der Waals surface area contributed by atoms with Crippen molar-refractivity contribution in [3.8, 4) is 0 Å². The van der Waals surface area contributed by atoms with E-state index in [1.54, 1.807) is 0 Å². The Morgan fingerprint density at radius 1 is 1.17 bits per heavy atom. The maximum Gasteiger partial charge on any atom is 0.333 e. The van der Waals surface area contributed by atoms with Crippen molar-refractivity contribution >= 4 is 21.7 Å². The van der Waals surface area contributed by atoms with Gasteiger partial charge in [0.05, 0.1) is 19.3 Å². The van der Waals surface area contributed by atoms with Crippen molar-refractivity contribution in [3.05, 3.63) is 40.6 Å². The van der Waals surface area contributed by atoms with Crippen molar-refractivity contribution in [1.82, 2.24) is 14.5 Å². The fourth-order valence-electron chi connectivity index (χ4n) is 4.14. The van der Waals surface area contributed by atoms with Crippen LogP contribution in [0.25, 0.3) is 0 Å². The summed E-state index contributed by atoms with van der Waals surface area (Å²) in [6.07, 6.45) is 6.09. The van der Waals surface area contributed by atoms with Crippen LogP contribution in [0.5, 0.6) is 0 Å². The number of rotatable bonds is 6. The van der Waals surface area contributed by atoms with E-state index in [-0.39, 0.29) is 11.6 Å². The highest BCUT2D eigenvalue weighted by atomic mass is 32.2. The first-order valence-electron chi connectivity index (χ1n) is 9.70. The summed E-state index contributed by atoms with van der Waals surface area (Å²) in [6, 6.07) is 2.65. The first kappa shape index (κ1) is 19.9. The van der Waals surface area contributed by atoms with Gasteiger partial charge in [0.2, 0.25) is 0 Å². The zero-order valence-electron chi connectivity index (χ0n) is 15.9. The average Bonchev–Trinajstić information content (AvgIpc) is 3.41. The first-order chi connectivity index (χ1) is 13.9. The standard InChI is InChI=1S/C19H24N4O5S/c24-11-14(25)10-23-8-7-17(21-23)29(27,28)22-19(26)20-18-15-5-1-3-12(15)9-13-4-2-6-16(13)18/h7-9,14,24-25H,1-6,10-11H2,(H2,20,22,26)/t14-/m1/s1. The SMILES string of the molecule is O=C(Nc1c2c(cc3c1CCC3)CCC2)NS(=O)(=O)c1ccn(C[C@@H](O)CO)n1. The molecule has 4 rings (SSSR count). The van der Waals surface area contributed by atoms with Crippen LogP contribution in [0.15, 0.2) is 23.4 Å². The summed E-state index contributed by atoms with van der Waals surface area (Å²) in [6.45, 7) is -0.519. The van der Waals surface area contributed by atoms with Gasteiger partial charge in [-0.15, -0.1) is 0 Å². The van der Waals surface area contributed by atoms with Crippen LogP contribution >= 0.6 is 0 Å². The monoisotopic (exact) mass is 420 g/mol. The molecule has 0 spiro atoms. The van der Waals surface area contributed by atoms with E-state index in [2.05, 4.69) is 16.5 Å². The molecule has 4 N–H and O–H groups in total. The van der Waals surface area contributed by atoms with Crippen LogP contribution in [0.1, 0.15) is 35.1 Å². The van der Waals surface area contributed by atoms with Crippen molar-refractivity contribution in [3.63, 3.8) is 0 Å². The molecule has 0 radical (unpaired) electrons. The molecule has 9 nitrogen and oxygen atoms in total. The predicted octanol–water partition coefficient (Wildman–Crippen LogP) is 0.724. The summed E-state index contributed by atoms with van der Waals surface area (Å²) < 4.78 is 28.2. The number of fused-ring (bicyclic) bond motifs is 2. The molecule has 1 heterocycles. The van der Waals surface area contributed by atoms with E-state index in [1.807, 2.05) is 4.72 Å². The molecule has 1 aromatic heterocycles. The normalized spacial score (nSPS) is 16.3. The molecule has 156 valence electrons. The van der Waals surface area contributed by atoms with Crippen LogP contribution < -0.4 is 10.0 Å². The van der Waals surface area contributed by atoms with Gasteiger partial charge in [-0.05, 0) is 66.8 Å². The van der Waals surface area contributed by atoms with Gasteiger partial charge in [-0.1, -0.05) is 6.07 Å². The number of aryl methyl sites for hydroxylation is 2. The van der Waals surface area contributed by atoms with E-state index < -0.39 is 28.8 Å². The number of carbonyl (C=O) groups excluding carboxylic acids is 1. The van der Waals surface area contributed by atoms with Gasteiger partial charge < -0.3 is 15.5 Å². The minimum Gasteiger partial charge on any atom is -0.394 e. The van der Waals surface area contributed by atoms with Crippen molar-refractivity contribution in [2.24, 2.45) is 0 Å². The Hall–Kier alpha value is -2.43. The third-order valence-corrected chi connectivity index (χ3v) is 6.66. The lowest BCUT2D eigenvalue weighted by Crippen LogP contribution is -2.35. The van der Waals surface area contributed by atoms with Gasteiger partial charge in [-0.3, -0.25) is 4.68 Å². The van der Waals surface area contributed by atoms with E-state index >= 15 is 0 Å². The highest BCUT2D eigenvalue weighted by Crippen LogP contribution is 2.38. The van der Waals surface area contributed by atoms with E-state index in [4.69, 9.17) is 5.11 Å². The lowest BCUT2D eigenvalue weighted by Gasteiger charge is -2.16. The number of aromatic nitrogens is 2. The van der Waals surface area contributed by atoms with Gasteiger partial charge >= 0.3 is 6.03 Å². The summed E-state index contributed by atoms with van der Waals surface area (Å²) in [7, 11) is -4.17. The largest absolute Gasteiger partial charge is 0.394 e. The molecular formula is C19H24N4O5S. The highest BCUT2D eigenvalue weighted by Gasteiger charge is 2.27. The Morgan fingerprint density at radius 2 is 1.83 bits per heavy atom. The van der Waals surface area contributed by atoms with Crippen molar-refractivity contribution in [2.75, 3.05) is 11.9 Å². The van der Waals surface area contributed by atoms with Gasteiger partial charge in [-0.25, -0.2) is 9.52 Å². The summed E-state index contributed by atoms with van der Waals surface area (Å²) >= 11 is 0. The van der Waals surface area contributed by atoms with Crippen LogP contribution in [-0.2, 0) is 42.3 Å². The van der Waals surface area contributed by atoms with Crippen molar-refractivity contribution in [2.45, 2.75) is 56.2 Å². The molecule has 1 aromatic carbocycles. The van der Waals surface area contributed by atoms with Crippen LogP contribution in [0.3, 0.4) is 0 Å². The number of aliphatic hydroxyl groups is 2. The maximum atomic E-state index is 12.5. The van der Waals surface area contributed by atoms with Crippen molar-refractivity contribution in [1.29, 1.82) is 0 Å². The number of hydrogen-bond donors (Lipinski definition) is 4. The molecule has 2 amide bonds. The molecule has 0 fully saturated rings. The zero-order chi connectivity index (χ0) is 20.6. The van der Waals surface area contributed by atoms with Gasteiger partial charge in [0.1, 0.15) is 0 Å². The molecule has 10 heteroatoms. The Labute approximate surface area is 168 Å². The second-order valence-electron chi connectivity index (χ2n) is 7.51. The molecule has 1 atom stereocenters. The smallest absolute Gasteiger partial charge is 0.333 e. The number of sulfonamides is 1. The van der Waals surface area contributed by atoms with Crippen LogP contribution in [0.2, 0.25) is 0 Å². The third kappa shape index (κ3) is 4.00. The first-order valence-corrected chi connectivity index (χ1v) is 11.2. The lowest BCUT2D eigenvalue weighted by molar-refractivity contribution is 0.0779. The molecule has 0 unspecified atom stereocenters. The molecule has 0 bridgehead atoms. The summed E-state index contributed by atoms with van der Waals surface area (Å²) in [4.78, 5) is 12.5. The number of urea groups is 1. The Morgan fingerprint density at radius 3 is 2.45 bits per heavy atom. The molecule has 2 aliphatic carbocycles. The van der Waals surface area contributed by atoms with Gasteiger partial charge in [0.15, 0.2) is 5.03 Å². The second-order valence-corrected chi connectivity index (χ2v) is 9.14. The van der Waals surface area contributed by atoms with E-state index in [0.717, 1.165) is 55.3 Å². The number of amides is 2. The van der Waals surface area contributed by atoms with E-state index in [0.29, 0.717) is 0 Å². The second kappa shape index (κ2) is 7.77. The minimum absolute atomic E-state index is 0.0551. The molecule has 2 aliphatic rings. The summed E-state index contributed by atoms with van der Waals surface area (Å²) in [5.41, 5.74) is 5.47. The van der Waals surface area contributed by atoms with E-state index in [1.165, 1.54) is 28.1 Å². The van der Waals surface area contributed by atoms with Gasteiger partial charge in [0, 0.05) is 11.9 Å². The average molecular weight is 420 g/mol. The van der Waals surface area contributed by atoms with E-state index in [9.17, 15) is 18.3 Å². The number of carbonyl (C=O) groups is 1. The molecule has 29 heavy (non-hydrogen) atoms. The minimum atomic E-state index is -4.17. The number of anilines is 1. The maximum absolute atomic E-state index is 12.5. The fourth-order valence-corrected chi connectivity index (χ4v) is 4.99. The summed E-state index contributed by atoms with van der Waals surface area (Å²) in [5.74, 6) is 0. The molecule has 0 saturated carbocycles. The van der Waals surface area contributed by atoms with Crippen molar-refractivity contribution < 1.29 is 23.4 Å². The lowest BCUT2D eigenvalue weighted by atomic mass is 9.99. The molecule has 2 aromatic rings. The molecule has 0 aliphatic heterocycles. The number of hydrogen-bond acceptors (Lipinski definition) is 6. The number of nitrogens with one attached hydrogen (secondary N) is 2. The topological polar surface area (TPSA) is 134 Å². The Bertz CT molecular complexity index is 1010. The van der Waals surface area contributed by atoms with Gasteiger partial charge in [0.25, 0.3) is 10.0 Å². The van der Waals surface area contributed by atoms with Crippen LogP contribution in [0, 0.1) is 0 Å². The molecular weight excluding hydrogens is 396 g/mol. The number of benzene rings is 1. The Balaban J connectivity index is 1.51. The van der Waals surface area contributed by atoms with Crippen LogP contribution in [-0.4, -0.2) is 47.2 Å². The number of aliphatic hydroxyl groups excluding tert-OH is 2. The molecule has 0 saturated heterocycles. The Kier molecular flexibility index (Phi) is 5.32. The van der Waals surface area contributed by atoms with Gasteiger partial charge in [-0.2, -0.15) is 13.5 Å². The zero-order valence-corrected chi connectivity index (χ0v) is 16.7.